The normalized spacial score (nSPS) is 10.1. The number of carbonyl (C=O) groups excluding carboxylic acids is 2. The Kier molecular flexibility index (Phi) is 4.25. The minimum absolute atomic E-state index is 0.246. The van der Waals surface area contributed by atoms with Crippen LogP contribution in [0, 0.1) is 13.8 Å². The second-order valence-electron chi connectivity index (χ2n) is 4.63. The monoisotopic (exact) mass is 268 g/mol. The predicted molar refractivity (Wildman–Crippen MR) is 76.3 cm³/mol. The van der Waals surface area contributed by atoms with Crippen LogP contribution in [0.2, 0.25) is 0 Å². The fourth-order valence-corrected chi connectivity index (χ4v) is 1.77. The molecular weight excluding hydrogens is 252 g/mol. The van der Waals surface area contributed by atoms with Crippen LogP contribution < -0.4 is 5.32 Å². The SMILES string of the molecule is Cc1ccc(C(=O)C(=O)NCc2ccccn2)cc1C. The molecule has 1 heterocycles. The van der Waals surface area contributed by atoms with Gasteiger partial charge in [0.25, 0.3) is 5.91 Å². The molecule has 0 saturated heterocycles. The topological polar surface area (TPSA) is 59.1 Å². The summed E-state index contributed by atoms with van der Waals surface area (Å²) in [6.07, 6.45) is 1.65. The maximum absolute atomic E-state index is 12.0. The lowest BCUT2D eigenvalue weighted by Crippen LogP contribution is -2.30. The van der Waals surface area contributed by atoms with E-state index in [1.165, 1.54) is 0 Å². The average Bonchev–Trinajstić information content (AvgIpc) is 2.48. The summed E-state index contributed by atoms with van der Waals surface area (Å²) in [6.45, 7) is 4.12. The molecule has 0 radical (unpaired) electrons. The molecule has 1 aromatic heterocycles. The Balaban J connectivity index is 2.02. The molecule has 1 N–H and O–H groups in total. The van der Waals surface area contributed by atoms with Crippen LogP contribution in [0.25, 0.3) is 0 Å². The number of nitrogens with zero attached hydrogens (tertiary/aromatic N) is 1. The maximum atomic E-state index is 12.0. The first-order valence-corrected chi connectivity index (χ1v) is 6.37. The standard InChI is InChI=1S/C16H16N2O2/c1-11-6-7-13(9-12(11)2)15(19)16(20)18-10-14-5-3-4-8-17-14/h3-9H,10H2,1-2H3,(H,18,20). The van der Waals surface area contributed by atoms with Crippen molar-refractivity contribution in [1.29, 1.82) is 0 Å². The number of hydrogen-bond donors (Lipinski definition) is 1. The molecule has 1 amide bonds. The molecule has 2 rings (SSSR count). The Morgan fingerprint density at radius 2 is 1.90 bits per heavy atom. The minimum Gasteiger partial charge on any atom is -0.344 e. The first-order chi connectivity index (χ1) is 9.58. The molecule has 0 saturated carbocycles. The van der Waals surface area contributed by atoms with Crippen LogP contribution in [0.15, 0.2) is 42.6 Å². The van der Waals surface area contributed by atoms with E-state index in [1.807, 2.05) is 26.0 Å². The zero-order valence-electron chi connectivity index (χ0n) is 11.5. The van der Waals surface area contributed by atoms with E-state index in [9.17, 15) is 9.59 Å². The Bertz CT molecular complexity index is 636. The number of ketones is 1. The summed E-state index contributed by atoms with van der Waals surface area (Å²) in [7, 11) is 0. The van der Waals surface area contributed by atoms with Crippen LogP contribution in [0.3, 0.4) is 0 Å². The van der Waals surface area contributed by atoms with E-state index in [0.29, 0.717) is 11.3 Å². The molecule has 0 bridgehead atoms. The first-order valence-electron chi connectivity index (χ1n) is 6.37. The van der Waals surface area contributed by atoms with Crippen molar-refractivity contribution in [2.24, 2.45) is 0 Å². The Morgan fingerprint density at radius 3 is 2.55 bits per heavy atom. The van der Waals surface area contributed by atoms with Gasteiger partial charge in [0, 0.05) is 11.8 Å². The summed E-state index contributed by atoms with van der Waals surface area (Å²) >= 11 is 0. The van der Waals surface area contributed by atoms with Crippen LogP contribution in [-0.2, 0) is 11.3 Å². The van der Waals surface area contributed by atoms with Crippen molar-refractivity contribution in [3.05, 3.63) is 65.0 Å². The summed E-state index contributed by atoms with van der Waals surface area (Å²) < 4.78 is 0. The van der Waals surface area contributed by atoms with Crippen molar-refractivity contribution in [3.8, 4) is 0 Å². The van der Waals surface area contributed by atoms with E-state index in [0.717, 1.165) is 11.1 Å². The molecule has 0 aliphatic rings. The number of carbonyl (C=O) groups is 2. The van der Waals surface area contributed by atoms with E-state index in [4.69, 9.17) is 0 Å². The third-order valence-electron chi connectivity index (χ3n) is 3.13. The average molecular weight is 268 g/mol. The van der Waals surface area contributed by atoms with Gasteiger partial charge in [0.2, 0.25) is 5.78 Å². The largest absolute Gasteiger partial charge is 0.344 e. The molecule has 20 heavy (non-hydrogen) atoms. The van der Waals surface area contributed by atoms with Crippen LogP contribution in [0.4, 0.5) is 0 Å². The molecule has 0 aliphatic heterocycles. The minimum atomic E-state index is -0.612. The van der Waals surface area contributed by atoms with Gasteiger partial charge < -0.3 is 5.32 Å². The number of nitrogens with one attached hydrogen (secondary N) is 1. The Hall–Kier alpha value is -2.49. The van der Waals surface area contributed by atoms with Gasteiger partial charge in [0.15, 0.2) is 0 Å². The highest BCUT2D eigenvalue weighted by Crippen LogP contribution is 2.10. The van der Waals surface area contributed by atoms with E-state index in [1.54, 1.807) is 30.5 Å². The van der Waals surface area contributed by atoms with Gasteiger partial charge in [-0.25, -0.2) is 0 Å². The third-order valence-corrected chi connectivity index (χ3v) is 3.13. The Morgan fingerprint density at radius 1 is 1.10 bits per heavy atom. The second kappa shape index (κ2) is 6.10. The molecule has 0 unspecified atom stereocenters. The highest BCUT2D eigenvalue weighted by Gasteiger charge is 2.16. The molecule has 4 nitrogen and oxygen atoms in total. The fraction of sp³-hybridized carbons (Fsp3) is 0.188. The van der Waals surface area contributed by atoms with Crippen molar-refractivity contribution in [3.63, 3.8) is 0 Å². The molecule has 102 valence electrons. The van der Waals surface area contributed by atoms with Crippen LogP contribution in [-0.4, -0.2) is 16.7 Å². The number of benzene rings is 1. The van der Waals surface area contributed by atoms with Crippen molar-refractivity contribution < 1.29 is 9.59 Å². The molecule has 0 atom stereocenters. The molecule has 0 spiro atoms. The maximum Gasteiger partial charge on any atom is 0.292 e. The number of pyridine rings is 1. The van der Waals surface area contributed by atoms with Gasteiger partial charge in [-0.2, -0.15) is 0 Å². The predicted octanol–water partition coefficient (Wildman–Crippen LogP) is 2.20. The quantitative estimate of drug-likeness (QED) is 0.683. The molecule has 0 fully saturated rings. The lowest BCUT2D eigenvalue weighted by atomic mass is 10.0. The number of aryl methyl sites for hydroxylation is 2. The summed E-state index contributed by atoms with van der Waals surface area (Å²) in [6, 6.07) is 10.7. The number of Topliss-reactive ketones (excluding diaryl/α,β-unsaturated/α-hetero) is 1. The van der Waals surface area contributed by atoms with Gasteiger partial charge in [-0.1, -0.05) is 18.2 Å². The van der Waals surface area contributed by atoms with E-state index in [2.05, 4.69) is 10.3 Å². The van der Waals surface area contributed by atoms with Crippen LogP contribution in [0.1, 0.15) is 27.2 Å². The van der Waals surface area contributed by atoms with Gasteiger partial charge >= 0.3 is 0 Å². The van der Waals surface area contributed by atoms with Crippen molar-refractivity contribution in [2.45, 2.75) is 20.4 Å². The summed E-state index contributed by atoms with van der Waals surface area (Å²) in [5.74, 6) is -1.14. The molecular formula is C16H16N2O2. The van der Waals surface area contributed by atoms with Crippen molar-refractivity contribution in [1.82, 2.24) is 10.3 Å². The van der Waals surface area contributed by atoms with Crippen molar-refractivity contribution in [2.75, 3.05) is 0 Å². The van der Waals surface area contributed by atoms with Gasteiger partial charge in [-0.3, -0.25) is 14.6 Å². The summed E-state index contributed by atoms with van der Waals surface area (Å²) in [4.78, 5) is 27.9. The molecule has 4 heteroatoms. The lowest BCUT2D eigenvalue weighted by Gasteiger charge is -2.06. The zero-order valence-corrected chi connectivity index (χ0v) is 11.5. The number of aromatic nitrogens is 1. The van der Waals surface area contributed by atoms with E-state index < -0.39 is 11.7 Å². The fourth-order valence-electron chi connectivity index (χ4n) is 1.77. The van der Waals surface area contributed by atoms with Crippen LogP contribution >= 0.6 is 0 Å². The highest BCUT2D eigenvalue weighted by molar-refractivity contribution is 6.42. The van der Waals surface area contributed by atoms with Crippen molar-refractivity contribution >= 4 is 11.7 Å². The third kappa shape index (κ3) is 3.29. The highest BCUT2D eigenvalue weighted by atomic mass is 16.2. The molecule has 1 aromatic carbocycles. The number of rotatable bonds is 4. The van der Waals surface area contributed by atoms with Gasteiger partial charge in [0.1, 0.15) is 0 Å². The molecule has 2 aromatic rings. The van der Waals surface area contributed by atoms with E-state index in [-0.39, 0.29) is 6.54 Å². The van der Waals surface area contributed by atoms with Gasteiger partial charge in [0.05, 0.1) is 12.2 Å². The smallest absolute Gasteiger partial charge is 0.292 e. The zero-order chi connectivity index (χ0) is 14.5. The van der Waals surface area contributed by atoms with E-state index >= 15 is 0 Å². The Labute approximate surface area is 117 Å². The van der Waals surface area contributed by atoms with Gasteiger partial charge in [-0.15, -0.1) is 0 Å². The summed E-state index contributed by atoms with van der Waals surface area (Å²) in [5.41, 5.74) is 3.21. The number of amides is 1. The summed E-state index contributed by atoms with van der Waals surface area (Å²) in [5, 5.41) is 2.58. The molecule has 0 aliphatic carbocycles. The lowest BCUT2D eigenvalue weighted by molar-refractivity contribution is -0.117. The second-order valence-corrected chi connectivity index (χ2v) is 4.63. The first kappa shape index (κ1) is 13.9. The van der Waals surface area contributed by atoms with Gasteiger partial charge in [-0.05, 0) is 43.2 Å². The number of hydrogen-bond acceptors (Lipinski definition) is 3. The van der Waals surface area contributed by atoms with Crippen LogP contribution in [0.5, 0.6) is 0 Å².